The number of carbonyl (C=O) groups excluding carboxylic acids is 1. The quantitative estimate of drug-likeness (QED) is 0.533. The first-order valence-corrected chi connectivity index (χ1v) is 9.65. The van der Waals surface area contributed by atoms with Crippen LogP contribution in [-0.2, 0) is 6.54 Å². The average Bonchev–Trinajstić information content (AvgIpc) is 2.66. The van der Waals surface area contributed by atoms with Gasteiger partial charge in [-0.3, -0.25) is 9.59 Å². The highest BCUT2D eigenvalue weighted by Crippen LogP contribution is 2.25. The zero-order valence-corrected chi connectivity index (χ0v) is 16.5. The number of anilines is 1. The first kappa shape index (κ1) is 19.5. The molecule has 0 fully saturated rings. The monoisotopic (exact) mass is 402 g/mol. The fourth-order valence-electron chi connectivity index (χ4n) is 3.00. The van der Waals surface area contributed by atoms with E-state index in [1.165, 1.54) is 0 Å². The summed E-state index contributed by atoms with van der Waals surface area (Å²) in [4.78, 5) is 25.6. The maximum absolute atomic E-state index is 12.8. The number of benzene rings is 2. The van der Waals surface area contributed by atoms with Crippen molar-refractivity contribution in [3.05, 3.63) is 74.5 Å². The van der Waals surface area contributed by atoms with Gasteiger partial charge in [-0.2, -0.15) is 0 Å². The number of halogens is 2. The standard InChI is InChI=1S/C21H20Cl2N2O2/c1-2-3-6-11-25-13-16(20(26)15-7-4-5-8-19(15)25)21(27)24-14-9-10-17(22)18(23)12-14/h4-5,7-10,12-13H,2-3,6,11H2,1H3,(H,24,27). The molecule has 0 bridgehead atoms. The molecule has 0 aliphatic heterocycles. The smallest absolute Gasteiger partial charge is 0.261 e. The van der Waals surface area contributed by atoms with Gasteiger partial charge in [-0.25, -0.2) is 0 Å². The van der Waals surface area contributed by atoms with E-state index in [0.717, 1.165) is 31.3 Å². The number of fused-ring (bicyclic) bond motifs is 1. The summed E-state index contributed by atoms with van der Waals surface area (Å²) in [6.07, 6.45) is 4.82. The van der Waals surface area contributed by atoms with Gasteiger partial charge in [-0.05, 0) is 36.8 Å². The van der Waals surface area contributed by atoms with Gasteiger partial charge in [-0.1, -0.05) is 55.1 Å². The number of hydrogen-bond donors (Lipinski definition) is 1. The Bertz CT molecular complexity index is 1040. The van der Waals surface area contributed by atoms with Gasteiger partial charge in [0.05, 0.1) is 15.6 Å². The third kappa shape index (κ3) is 4.34. The summed E-state index contributed by atoms with van der Waals surface area (Å²) < 4.78 is 1.98. The lowest BCUT2D eigenvalue weighted by atomic mass is 10.1. The van der Waals surface area contributed by atoms with Gasteiger partial charge in [0.15, 0.2) is 0 Å². The number of aryl methyl sites for hydroxylation is 1. The van der Waals surface area contributed by atoms with Gasteiger partial charge in [0.25, 0.3) is 5.91 Å². The van der Waals surface area contributed by atoms with Crippen LogP contribution in [0.2, 0.25) is 10.0 Å². The third-order valence-corrected chi connectivity index (χ3v) is 5.15. The zero-order chi connectivity index (χ0) is 19.4. The van der Waals surface area contributed by atoms with E-state index < -0.39 is 5.91 Å². The van der Waals surface area contributed by atoms with E-state index in [-0.39, 0.29) is 11.0 Å². The molecule has 0 radical (unpaired) electrons. The lowest BCUT2D eigenvalue weighted by molar-refractivity contribution is 0.102. The number of pyridine rings is 1. The fourth-order valence-corrected chi connectivity index (χ4v) is 3.29. The van der Waals surface area contributed by atoms with E-state index in [1.54, 1.807) is 36.5 Å². The van der Waals surface area contributed by atoms with Gasteiger partial charge < -0.3 is 9.88 Å². The predicted octanol–water partition coefficient (Wildman–Crippen LogP) is 5.75. The summed E-state index contributed by atoms with van der Waals surface area (Å²) in [7, 11) is 0. The van der Waals surface area contributed by atoms with Crippen LogP contribution < -0.4 is 10.7 Å². The van der Waals surface area contributed by atoms with Gasteiger partial charge in [0, 0.05) is 23.8 Å². The van der Waals surface area contributed by atoms with Crippen LogP contribution in [0.5, 0.6) is 0 Å². The van der Waals surface area contributed by atoms with E-state index in [0.29, 0.717) is 21.1 Å². The molecule has 0 spiro atoms. The molecule has 1 aromatic heterocycles. The maximum atomic E-state index is 12.8. The molecule has 0 saturated heterocycles. The molecule has 1 N–H and O–H groups in total. The minimum absolute atomic E-state index is 0.108. The number of hydrogen-bond acceptors (Lipinski definition) is 2. The van der Waals surface area contributed by atoms with E-state index in [4.69, 9.17) is 23.2 Å². The van der Waals surface area contributed by atoms with Crippen LogP contribution in [-0.4, -0.2) is 10.5 Å². The number of carbonyl (C=O) groups is 1. The Balaban J connectivity index is 1.99. The Morgan fingerprint density at radius 3 is 2.59 bits per heavy atom. The van der Waals surface area contributed by atoms with E-state index in [1.807, 2.05) is 16.7 Å². The van der Waals surface area contributed by atoms with Crippen LogP contribution in [0.3, 0.4) is 0 Å². The van der Waals surface area contributed by atoms with Crippen LogP contribution in [0, 0.1) is 0 Å². The van der Waals surface area contributed by atoms with Crippen molar-refractivity contribution < 1.29 is 4.79 Å². The molecule has 0 atom stereocenters. The van der Waals surface area contributed by atoms with Crippen molar-refractivity contribution in [2.75, 3.05) is 5.32 Å². The largest absolute Gasteiger partial charge is 0.346 e. The number of amides is 1. The van der Waals surface area contributed by atoms with Crippen LogP contribution >= 0.6 is 23.2 Å². The summed E-state index contributed by atoms with van der Waals surface area (Å²) in [6, 6.07) is 12.2. The van der Waals surface area contributed by atoms with Gasteiger partial charge in [-0.15, -0.1) is 0 Å². The molecule has 6 heteroatoms. The minimum Gasteiger partial charge on any atom is -0.346 e. The summed E-state index contributed by atoms with van der Waals surface area (Å²) >= 11 is 11.9. The lowest BCUT2D eigenvalue weighted by Crippen LogP contribution is -2.24. The zero-order valence-electron chi connectivity index (χ0n) is 15.0. The second kappa shape index (κ2) is 8.59. The Labute approximate surface area is 167 Å². The summed E-state index contributed by atoms with van der Waals surface area (Å²) in [5.74, 6) is -0.464. The molecule has 1 amide bonds. The summed E-state index contributed by atoms with van der Waals surface area (Å²) in [5.41, 5.74) is 1.15. The molecular weight excluding hydrogens is 383 g/mol. The lowest BCUT2D eigenvalue weighted by Gasteiger charge is -2.13. The molecule has 0 unspecified atom stereocenters. The Hall–Kier alpha value is -2.30. The normalized spacial score (nSPS) is 10.9. The number of nitrogens with zero attached hydrogens (tertiary/aromatic N) is 1. The molecule has 1 heterocycles. The SMILES string of the molecule is CCCCCn1cc(C(=O)Nc2ccc(Cl)c(Cl)c2)c(=O)c2ccccc21. The van der Waals surface area contributed by atoms with Crippen molar-refractivity contribution in [2.45, 2.75) is 32.7 Å². The van der Waals surface area contributed by atoms with Crippen molar-refractivity contribution in [1.29, 1.82) is 0 Å². The number of para-hydroxylation sites is 1. The molecule has 4 nitrogen and oxygen atoms in total. The highest BCUT2D eigenvalue weighted by Gasteiger charge is 2.16. The maximum Gasteiger partial charge on any atom is 0.261 e. The summed E-state index contributed by atoms with van der Waals surface area (Å²) in [5, 5.41) is 4.01. The molecule has 0 saturated carbocycles. The van der Waals surface area contributed by atoms with Crippen molar-refractivity contribution >= 4 is 45.7 Å². The molecule has 0 aliphatic rings. The van der Waals surface area contributed by atoms with E-state index in [9.17, 15) is 9.59 Å². The molecule has 3 rings (SSSR count). The van der Waals surface area contributed by atoms with Crippen molar-refractivity contribution in [1.82, 2.24) is 4.57 Å². The van der Waals surface area contributed by atoms with Crippen LogP contribution in [0.4, 0.5) is 5.69 Å². The average molecular weight is 403 g/mol. The van der Waals surface area contributed by atoms with Gasteiger partial charge in [0.1, 0.15) is 5.56 Å². The molecule has 3 aromatic rings. The van der Waals surface area contributed by atoms with E-state index in [2.05, 4.69) is 12.2 Å². The number of rotatable bonds is 6. The van der Waals surface area contributed by atoms with Gasteiger partial charge in [0.2, 0.25) is 5.43 Å². The molecule has 140 valence electrons. The topological polar surface area (TPSA) is 51.1 Å². The Kier molecular flexibility index (Phi) is 6.19. The predicted molar refractivity (Wildman–Crippen MR) is 112 cm³/mol. The second-order valence-electron chi connectivity index (χ2n) is 6.37. The molecule has 0 aliphatic carbocycles. The highest BCUT2D eigenvalue weighted by atomic mass is 35.5. The first-order chi connectivity index (χ1) is 13.0. The molecular formula is C21H20Cl2N2O2. The molecule has 2 aromatic carbocycles. The second-order valence-corrected chi connectivity index (χ2v) is 7.19. The van der Waals surface area contributed by atoms with E-state index >= 15 is 0 Å². The Morgan fingerprint density at radius 2 is 1.85 bits per heavy atom. The van der Waals surface area contributed by atoms with Crippen molar-refractivity contribution in [3.63, 3.8) is 0 Å². The van der Waals surface area contributed by atoms with Crippen LogP contribution in [0.1, 0.15) is 36.5 Å². The number of unbranched alkanes of at least 4 members (excludes halogenated alkanes) is 2. The summed E-state index contributed by atoms with van der Waals surface area (Å²) in [6.45, 7) is 2.89. The van der Waals surface area contributed by atoms with Crippen molar-refractivity contribution in [2.24, 2.45) is 0 Å². The Morgan fingerprint density at radius 1 is 1.07 bits per heavy atom. The third-order valence-electron chi connectivity index (χ3n) is 4.41. The van der Waals surface area contributed by atoms with Crippen LogP contribution in [0.25, 0.3) is 10.9 Å². The van der Waals surface area contributed by atoms with Crippen molar-refractivity contribution in [3.8, 4) is 0 Å². The first-order valence-electron chi connectivity index (χ1n) is 8.90. The fraction of sp³-hybridized carbons (Fsp3) is 0.238. The molecule has 27 heavy (non-hydrogen) atoms. The number of nitrogens with one attached hydrogen (secondary N) is 1. The van der Waals surface area contributed by atoms with Gasteiger partial charge >= 0.3 is 0 Å². The highest BCUT2D eigenvalue weighted by molar-refractivity contribution is 6.42. The number of aromatic nitrogens is 1. The van der Waals surface area contributed by atoms with Crippen LogP contribution in [0.15, 0.2) is 53.5 Å². The minimum atomic E-state index is -0.464.